The van der Waals surface area contributed by atoms with Gasteiger partial charge in [-0.1, -0.05) is 74.7 Å². The lowest BCUT2D eigenvalue weighted by molar-refractivity contribution is -0.148. The van der Waals surface area contributed by atoms with Crippen LogP contribution in [0.3, 0.4) is 0 Å². The Hall–Kier alpha value is -3.53. The minimum atomic E-state index is -1.21. The first-order valence-electron chi connectivity index (χ1n) is 15.2. The number of halogens is 1. The van der Waals surface area contributed by atoms with Crippen molar-refractivity contribution in [1.82, 2.24) is 4.90 Å². The number of aliphatic hydroxyl groups excluding tert-OH is 1. The van der Waals surface area contributed by atoms with E-state index in [4.69, 9.17) is 15.2 Å². The summed E-state index contributed by atoms with van der Waals surface area (Å²) < 4.78 is 11.3. The number of benzene rings is 3. The molecule has 3 aromatic rings. The van der Waals surface area contributed by atoms with Gasteiger partial charge in [-0.25, -0.2) is 4.79 Å². The van der Waals surface area contributed by atoms with Crippen molar-refractivity contribution < 1.29 is 29.0 Å². The van der Waals surface area contributed by atoms with E-state index in [1.165, 1.54) is 19.3 Å². The second kappa shape index (κ2) is 16.0. The Morgan fingerprint density at radius 3 is 2.32 bits per heavy atom. The van der Waals surface area contributed by atoms with Crippen LogP contribution in [-0.4, -0.2) is 59.6 Å². The van der Waals surface area contributed by atoms with Crippen LogP contribution in [0.4, 0.5) is 5.69 Å². The van der Waals surface area contributed by atoms with Crippen molar-refractivity contribution in [2.45, 2.75) is 70.6 Å². The average molecular weight is 666 g/mol. The highest BCUT2D eigenvalue weighted by Crippen LogP contribution is 2.30. The second-order valence-corrected chi connectivity index (χ2v) is 12.2. The van der Waals surface area contributed by atoms with Gasteiger partial charge >= 0.3 is 11.9 Å². The summed E-state index contributed by atoms with van der Waals surface area (Å²) in [4.78, 5) is 40.9. The van der Waals surface area contributed by atoms with Crippen molar-refractivity contribution in [2.75, 3.05) is 25.5 Å². The molecular formula is C35H41BrN2O6. The van der Waals surface area contributed by atoms with E-state index in [2.05, 4.69) is 27.8 Å². The minimum absolute atomic E-state index is 0.141. The standard InChI is InChI=1S/C35H41BrN2O6/c1-3-38(29-15-8-5-9-16-29)20-28-18-27(19-31(36)32(28)37)35(42)44-22-30(39)21-43-34(41)23(2)25-13-10-14-26(17-25)33(40)24-11-6-4-7-12-24/h4,6-7,10-14,17-19,23,29-30,39H,3,5,8-9,15-16,20-22,37H2,1-2H3. The summed E-state index contributed by atoms with van der Waals surface area (Å²) >= 11 is 3.47. The summed E-state index contributed by atoms with van der Waals surface area (Å²) in [5, 5.41) is 10.4. The van der Waals surface area contributed by atoms with E-state index in [1.54, 1.807) is 67.6 Å². The summed E-state index contributed by atoms with van der Waals surface area (Å²) in [6, 6.07) is 19.6. The summed E-state index contributed by atoms with van der Waals surface area (Å²) in [6.07, 6.45) is 4.85. The molecule has 234 valence electrons. The van der Waals surface area contributed by atoms with E-state index in [9.17, 15) is 19.5 Å². The van der Waals surface area contributed by atoms with Crippen molar-refractivity contribution in [3.8, 4) is 0 Å². The van der Waals surface area contributed by atoms with Crippen molar-refractivity contribution >= 4 is 39.3 Å². The Morgan fingerprint density at radius 2 is 1.61 bits per heavy atom. The molecule has 0 bridgehead atoms. The molecule has 1 aliphatic carbocycles. The van der Waals surface area contributed by atoms with E-state index in [1.807, 2.05) is 6.07 Å². The van der Waals surface area contributed by atoms with E-state index < -0.39 is 24.0 Å². The first-order valence-corrected chi connectivity index (χ1v) is 16.0. The van der Waals surface area contributed by atoms with Crippen molar-refractivity contribution in [3.05, 3.63) is 99.0 Å². The van der Waals surface area contributed by atoms with Gasteiger partial charge in [0, 0.05) is 28.2 Å². The number of rotatable bonds is 13. The van der Waals surface area contributed by atoms with Gasteiger partial charge in [0.15, 0.2) is 5.78 Å². The van der Waals surface area contributed by atoms with Crippen molar-refractivity contribution in [2.24, 2.45) is 0 Å². The monoisotopic (exact) mass is 664 g/mol. The molecule has 0 amide bonds. The van der Waals surface area contributed by atoms with Crippen molar-refractivity contribution in [1.29, 1.82) is 0 Å². The minimum Gasteiger partial charge on any atom is -0.462 e. The Bertz CT molecular complexity index is 1440. The number of esters is 2. The molecule has 3 N–H and O–H groups in total. The molecule has 4 rings (SSSR count). The zero-order valence-electron chi connectivity index (χ0n) is 25.3. The third-order valence-electron chi connectivity index (χ3n) is 8.18. The van der Waals surface area contributed by atoms with Crippen molar-refractivity contribution in [3.63, 3.8) is 0 Å². The Kier molecular flexibility index (Phi) is 12.1. The molecule has 1 aliphatic rings. The maximum absolute atomic E-state index is 12.9. The molecule has 0 saturated heterocycles. The maximum Gasteiger partial charge on any atom is 0.338 e. The van der Waals surface area contributed by atoms with E-state index >= 15 is 0 Å². The molecule has 1 saturated carbocycles. The Morgan fingerprint density at radius 1 is 0.932 bits per heavy atom. The normalized spacial score (nSPS) is 15.0. The molecule has 3 aromatic carbocycles. The average Bonchev–Trinajstić information content (AvgIpc) is 3.06. The van der Waals surface area contributed by atoms with Crippen LogP contribution in [0.2, 0.25) is 0 Å². The SMILES string of the molecule is CCN(Cc1cc(C(=O)OCC(O)COC(=O)C(C)c2cccc(C(=O)c3ccccc3)c2)cc(Br)c1N)C1CCCCC1. The molecule has 9 heteroatoms. The molecule has 2 unspecified atom stereocenters. The van der Waals surface area contributed by atoms with Crippen LogP contribution >= 0.6 is 15.9 Å². The van der Waals surface area contributed by atoms with Gasteiger partial charge in [0.25, 0.3) is 0 Å². The van der Waals surface area contributed by atoms with Crippen LogP contribution in [0.1, 0.15) is 89.3 Å². The Balaban J connectivity index is 1.29. The highest BCUT2D eigenvalue weighted by atomic mass is 79.9. The maximum atomic E-state index is 12.9. The number of hydrogen-bond donors (Lipinski definition) is 2. The van der Waals surface area contributed by atoms with E-state index in [0.717, 1.165) is 24.9 Å². The molecule has 1 fully saturated rings. The van der Waals surface area contributed by atoms with Gasteiger partial charge in [-0.05, 0) is 71.6 Å². The van der Waals surface area contributed by atoms with E-state index in [0.29, 0.717) is 45.0 Å². The number of carbonyl (C=O) groups is 3. The largest absolute Gasteiger partial charge is 0.462 e. The van der Waals surface area contributed by atoms with Crippen LogP contribution in [0.15, 0.2) is 71.2 Å². The lowest BCUT2D eigenvalue weighted by Gasteiger charge is -2.34. The molecule has 8 nitrogen and oxygen atoms in total. The number of nitrogens with zero attached hydrogens (tertiary/aromatic N) is 1. The fourth-order valence-corrected chi connectivity index (χ4v) is 6.04. The molecule has 0 spiro atoms. The van der Waals surface area contributed by atoms with E-state index in [-0.39, 0.29) is 19.0 Å². The molecule has 44 heavy (non-hydrogen) atoms. The number of hydrogen-bond acceptors (Lipinski definition) is 8. The Labute approximate surface area is 267 Å². The van der Waals surface area contributed by atoms with Gasteiger partial charge in [-0.15, -0.1) is 0 Å². The summed E-state index contributed by atoms with van der Waals surface area (Å²) in [5.74, 6) is -1.98. The fourth-order valence-electron chi connectivity index (χ4n) is 5.54. The number of aliphatic hydroxyl groups is 1. The van der Waals surface area contributed by atoms with Gasteiger partial charge < -0.3 is 20.3 Å². The van der Waals surface area contributed by atoms with Crippen LogP contribution in [-0.2, 0) is 20.8 Å². The molecule has 0 aromatic heterocycles. The smallest absolute Gasteiger partial charge is 0.338 e. The molecule has 0 heterocycles. The number of ketones is 1. The molecule has 0 radical (unpaired) electrons. The first-order chi connectivity index (χ1) is 21.2. The number of nitrogen functional groups attached to an aromatic ring is 1. The predicted octanol–water partition coefficient (Wildman–Crippen LogP) is 6.28. The van der Waals surface area contributed by atoms with Gasteiger partial charge in [-0.3, -0.25) is 14.5 Å². The number of ether oxygens (including phenoxy) is 2. The zero-order valence-corrected chi connectivity index (χ0v) is 26.9. The zero-order chi connectivity index (χ0) is 31.6. The number of carbonyl (C=O) groups excluding carboxylic acids is 3. The molecule has 0 aliphatic heterocycles. The molecular weight excluding hydrogens is 624 g/mol. The van der Waals surface area contributed by atoms with Gasteiger partial charge in [0.1, 0.15) is 19.3 Å². The van der Waals surface area contributed by atoms with Gasteiger partial charge in [-0.2, -0.15) is 0 Å². The first kappa shape index (κ1) is 33.4. The summed E-state index contributed by atoms with van der Waals surface area (Å²) in [6.45, 7) is 4.64. The lowest BCUT2D eigenvalue weighted by Crippen LogP contribution is -2.36. The summed E-state index contributed by atoms with van der Waals surface area (Å²) in [7, 11) is 0. The third kappa shape index (κ3) is 8.77. The quantitative estimate of drug-likeness (QED) is 0.124. The van der Waals surface area contributed by atoms with Crippen LogP contribution < -0.4 is 5.73 Å². The number of nitrogens with two attached hydrogens (primary N) is 1. The highest BCUT2D eigenvalue weighted by molar-refractivity contribution is 9.10. The topological polar surface area (TPSA) is 119 Å². The third-order valence-corrected chi connectivity index (χ3v) is 8.84. The number of anilines is 1. The fraction of sp³-hybridized carbons (Fsp3) is 0.400. The van der Waals surface area contributed by atoms with Crippen LogP contribution in [0, 0.1) is 0 Å². The van der Waals surface area contributed by atoms with Gasteiger partial charge in [0.2, 0.25) is 0 Å². The molecule has 2 atom stereocenters. The predicted molar refractivity (Wildman–Crippen MR) is 173 cm³/mol. The van der Waals surface area contributed by atoms with Crippen LogP contribution in [0.5, 0.6) is 0 Å². The van der Waals surface area contributed by atoms with Gasteiger partial charge in [0.05, 0.1) is 17.2 Å². The summed E-state index contributed by atoms with van der Waals surface area (Å²) in [5.41, 5.74) is 9.76. The van der Waals surface area contributed by atoms with Crippen LogP contribution in [0.25, 0.3) is 0 Å². The lowest BCUT2D eigenvalue weighted by atomic mass is 9.93. The second-order valence-electron chi connectivity index (χ2n) is 11.3. The highest BCUT2D eigenvalue weighted by Gasteiger charge is 2.23.